The highest BCUT2D eigenvalue weighted by atomic mass is 127. The number of rotatable bonds is 5. The summed E-state index contributed by atoms with van der Waals surface area (Å²) in [7, 11) is 0. The maximum Gasteiger partial charge on any atom is 0.270 e. The molecule has 1 N–H and O–H groups in total. The van der Waals surface area contributed by atoms with Gasteiger partial charge < -0.3 is 10.1 Å². The van der Waals surface area contributed by atoms with Gasteiger partial charge in [0.2, 0.25) is 0 Å². The van der Waals surface area contributed by atoms with Gasteiger partial charge in [-0.2, -0.15) is 0 Å². The molecule has 0 unspecified atom stereocenters. The molecule has 1 aromatic carbocycles. The number of halogens is 1. The first-order chi connectivity index (χ1) is 11.0. The van der Waals surface area contributed by atoms with Gasteiger partial charge in [-0.05, 0) is 54.8 Å². The minimum absolute atomic E-state index is 0.00136. The molecule has 3 rings (SSSR count). The van der Waals surface area contributed by atoms with Crippen LogP contribution in [0.5, 0.6) is 0 Å². The number of hydrogen-bond donors (Lipinski definition) is 1. The van der Waals surface area contributed by atoms with E-state index in [1.165, 1.54) is 24.6 Å². The average molecular weight is 430 g/mol. The molecule has 23 heavy (non-hydrogen) atoms. The van der Waals surface area contributed by atoms with E-state index in [9.17, 15) is 14.9 Å². The van der Waals surface area contributed by atoms with Gasteiger partial charge in [0.25, 0.3) is 11.6 Å². The zero-order valence-corrected chi connectivity index (χ0v) is 15.0. The van der Waals surface area contributed by atoms with Gasteiger partial charge >= 0.3 is 0 Å². The third kappa shape index (κ3) is 2.84. The van der Waals surface area contributed by atoms with E-state index in [1.54, 1.807) is 0 Å². The van der Waals surface area contributed by atoms with E-state index in [1.807, 2.05) is 29.5 Å². The number of nitrogens with one attached hydrogen (secondary N) is 1. The Kier molecular flexibility index (Phi) is 4.59. The van der Waals surface area contributed by atoms with Crippen molar-refractivity contribution in [2.45, 2.75) is 44.8 Å². The van der Waals surface area contributed by atoms with Crippen LogP contribution in [0.2, 0.25) is 0 Å². The van der Waals surface area contributed by atoms with E-state index in [0.29, 0.717) is 15.7 Å². The van der Waals surface area contributed by atoms with Crippen molar-refractivity contribution in [1.29, 1.82) is 0 Å². The smallest absolute Gasteiger partial charge is 0.270 e. The third-order valence-electron chi connectivity index (χ3n) is 5.15. The maximum absolute atomic E-state index is 12.5. The van der Waals surface area contributed by atoms with Crippen molar-refractivity contribution in [3.05, 3.63) is 37.4 Å². The molecule has 2 aliphatic rings. The van der Waals surface area contributed by atoms with Crippen molar-refractivity contribution in [1.82, 2.24) is 5.32 Å². The topological polar surface area (TPSA) is 81.5 Å². The molecule has 0 aromatic heterocycles. The van der Waals surface area contributed by atoms with Crippen molar-refractivity contribution < 1.29 is 14.5 Å². The summed E-state index contributed by atoms with van der Waals surface area (Å²) in [6, 6.07) is 4.48. The summed E-state index contributed by atoms with van der Waals surface area (Å²) >= 11 is 1.97. The van der Waals surface area contributed by atoms with Crippen molar-refractivity contribution in [3.63, 3.8) is 0 Å². The first kappa shape index (κ1) is 16.6. The lowest BCUT2D eigenvalue weighted by Crippen LogP contribution is -2.67. The Balaban J connectivity index is 1.69. The summed E-state index contributed by atoms with van der Waals surface area (Å²) in [6.45, 7) is 2.70. The fraction of sp³-hybridized carbons (Fsp3) is 0.562. The first-order valence-corrected chi connectivity index (χ1v) is 8.92. The van der Waals surface area contributed by atoms with E-state index in [0.717, 1.165) is 19.3 Å². The van der Waals surface area contributed by atoms with Gasteiger partial charge in [-0.1, -0.05) is 6.42 Å². The van der Waals surface area contributed by atoms with Crippen LogP contribution in [0.1, 0.15) is 43.0 Å². The van der Waals surface area contributed by atoms with Gasteiger partial charge in [-0.15, -0.1) is 0 Å². The summed E-state index contributed by atoms with van der Waals surface area (Å²) < 4.78 is 6.39. The van der Waals surface area contributed by atoms with Crippen LogP contribution >= 0.6 is 22.6 Å². The molecular formula is C16H19IN2O4. The molecule has 7 heteroatoms. The molecule has 124 valence electrons. The van der Waals surface area contributed by atoms with Crippen LogP contribution in [0, 0.1) is 19.1 Å². The average Bonchev–Trinajstić information content (AvgIpc) is 2.43. The van der Waals surface area contributed by atoms with E-state index in [2.05, 4.69) is 5.32 Å². The Labute approximate surface area is 148 Å². The lowest BCUT2D eigenvalue weighted by Gasteiger charge is -2.61. The molecule has 0 bridgehead atoms. The molecule has 2 aliphatic carbocycles. The largest absolute Gasteiger partial charge is 0.378 e. The number of carbonyl (C=O) groups is 1. The minimum Gasteiger partial charge on any atom is -0.378 e. The van der Waals surface area contributed by atoms with Crippen LogP contribution in [-0.4, -0.2) is 29.6 Å². The van der Waals surface area contributed by atoms with Crippen molar-refractivity contribution >= 4 is 34.2 Å². The van der Waals surface area contributed by atoms with Crippen molar-refractivity contribution in [2.24, 2.45) is 5.41 Å². The Morgan fingerprint density at radius 3 is 2.78 bits per heavy atom. The number of nitro benzene ring substituents is 1. The minimum atomic E-state index is -0.453. The maximum atomic E-state index is 12.5. The van der Waals surface area contributed by atoms with E-state index in [4.69, 9.17) is 4.74 Å². The van der Waals surface area contributed by atoms with Gasteiger partial charge in [-0.25, -0.2) is 0 Å². The number of carbonyl (C=O) groups excluding carboxylic acids is 1. The molecule has 2 atom stereocenters. The first-order valence-electron chi connectivity index (χ1n) is 7.84. The molecule has 1 spiro atoms. The Morgan fingerprint density at radius 2 is 2.26 bits per heavy atom. The van der Waals surface area contributed by atoms with Crippen LogP contribution in [0.25, 0.3) is 0 Å². The Morgan fingerprint density at radius 1 is 1.52 bits per heavy atom. The summed E-state index contributed by atoms with van der Waals surface area (Å²) in [5, 5.41) is 13.9. The van der Waals surface area contributed by atoms with E-state index in [-0.39, 0.29) is 29.2 Å². The highest BCUT2D eigenvalue weighted by Crippen LogP contribution is 2.57. The fourth-order valence-corrected chi connectivity index (χ4v) is 4.42. The van der Waals surface area contributed by atoms with E-state index >= 15 is 0 Å². The second-order valence-corrected chi connectivity index (χ2v) is 7.38. The number of benzene rings is 1. The van der Waals surface area contributed by atoms with E-state index < -0.39 is 4.92 Å². The molecule has 0 aliphatic heterocycles. The third-order valence-corrected chi connectivity index (χ3v) is 6.04. The number of hydrogen-bond acceptors (Lipinski definition) is 4. The van der Waals surface area contributed by atoms with Crippen LogP contribution in [0.15, 0.2) is 18.2 Å². The molecule has 2 saturated carbocycles. The summed E-state index contributed by atoms with van der Waals surface area (Å²) in [5.74, 6) is -0.157. The van der Waals surface area contributed by atoms with Crippen LogP contribution in [0.4, 0.5) is 5.69 Å². The van der Waals surface area contributed by atoms with Gasteiger partial charge in [0.15, 0.2) is 0 Å². The molecule has 2 fully saturated rings. The lowest BCUT2D eigenvalue weighted by molar-refractivity contribution is -0.384. The van der Waals surface area contributed by atoms with Gasteiger partial charge in [0.1, 0.15) is 0 Å². The molecule has 0 radical (unpaired) electrons. The quantitative estimate of drug-likeness (QED) is 0.442. The normalized spacial score (nSPS) is 24.6. The number of nitro groups is 1. The standard InChI is InChI=1S/C16H19IN2O4/c1-2-23-14-9-13(16(14)6-3-7-16)18-15(20)11-5-4-10(19(21)22)8-12(11)17/h4-5,8,13-14H,2-3,6-7,9H2,1H3,(H,18,20)/t13-,14+/m0/s1. The van der Waals surface area contributed by atoms with Crippen LogP contribution in [0.3, 0.4) is 0 Å². The second-order valence-electron chi connectivity index (χ2n) is 6.21. The molecule has 0 saturated heterocycles. The van der Waals surface area contributed by atoms with Gasteiger partial charge in [0.05, 0.1) is 16.6 Å². The predicted molar refractivity (Wildman–Crippen MR) is 93.4 cm³/mol. The monoisotopic (exact) mass is 430 g/mol. The number of nitrogens with zero attached hydrogens (tertiary/aromatic N) is 1. The van der Waals surface area contributed by atoms with Gasteiger partial charge in [0, 0.05) is 33.8 Å². The number of non-ortho nitro benzene ring substituents is 1. The summed E-state index contributed by atoms with van der Waals surface area (Å²) in [4.78, 5) is 22.8. The summed E-state index contributed by atoms with van der Waals surface area (Å²) in [6.07, 6.45) is 4.48. The SMILES string of the molecule is CCO[C@@H]1C[C@H](NC(=O)c2ccc([N+](=O)[O-])cc2I)C12CCC2. The zero-order chi connectivity index (χ0) is 16.6. The summed E-state index contributed by atoms with van der Waals surface area (Å²) in [5.41, 5.74) is 0.602. The molecular weight excluding hydrogens is 411 g/mol. The molecule has 6 nitrogen and oxygen atoms in total. The highest BCUT2D eigenvalue weighted by Gasteiger charge is 2.59. The van der Waals surface area contributed by atoms with Gasteiger partial charge in [-0.3, -0.25) is 14.9 Å². The Bertz CT molecular complexity index is 645. The highest BCUT2D eigenvalue weighted by molar-refractivity contribution is 14.1. The molecule has 0 heterocycles. The Hall–Kier alpha value is -1.22. The predicted octanol–water partition coefficient (Wildman–Crippen LogP) is 3.28. The van der Waals surface area contributed by atoms with Crippen molar-refractivity contribution in [2.75, 3.05) is 6.61 Å². The number of amides is 1. The fourth-order valence-electron chi connectivity index (χ4n) is 3.68. The molecule has 1 aromatic rings. The van der Waals surface area contributed by atoms with Crippen molar-refractivity contribution in [3.8, 4) is 0 Å². The molecule has 1 amide bonds. The second kappa shape index (κ2) is 6.35. The zero-order valence-electron chi connectivity index (χ0n) is 12.9. The van der Waals surface area contributed by atoms with Crippen LogP contribution in [-0.2, 0) is 4.74 Å². The van der Waals surface area contributed by atoms with Crippen LogP contribution < -0.4 is 5.32 Å². The lowest BCUT2D eigenvalue weighted by atomic mass is 9.51. The number of ether oxygens (including phenoxy) is 1.